The Bertz CT molecular complexity index is 1380. The van der Waals surface area contributed by atoms with Crippen LogP contribution in [0.3, 0.4) is 0 Å². The number of rotatable bonds is 9. The summed E-state index contributed by atoms with van der Waals surface area (Å²) in [7, 11) is 3.98. The van der Waals surface area contributed by atoms with Crippen LogP contribution in [0.2, 0.25) is 0 Å². The number of anilines is 1. The Balaban J connectivity index is 1.86. The molecule has 2 amide bonds. The highest BCUT2D eigenvalue weighted by atomic mass is 32.1. The fourth-order valence-electron chi connectivity index (χ4n) is 3.73. The Labute approximate surface area is 219 Å². The molecule has 4 heterocycles. The molecular weight excluding hydrogens is 492 g/mol. The minimum Gasteiger partial charge on any atom is -0.473 e. The van der Waals surface area contributed by atoms with Crippen LogP contribution in [0.5, 0.6) is 5.88 Å². The maximum Gasteiger partial charge on any atom is 0.320 e. The summed E-state index contributed by atoms with van der Waals surface area (Å²) in [5, 5.41) is 16.3. The largest absolute Gasteiger partial charge is 0.473 e. The summed E-state index contributed by atoms with van der Waals surface area (Å²) in [5.74, 6) is 1.65. The fourth-order valence-corrected chi connectivity index (χ4v) is 4.55. The lowest BCUT2D eigenvalue weighted by atomic mass is 10.0. The number of nitrogens with zero attached hydrogens (tertiary/aromatic N) is 6. The Hall–Kier alpha value is -3.90. The second-order valence-corrected chi connectivity index (χ2v) is 9.65. The van der Waals surface area contributed by atoms with Crippen LogP contribution in [0.25, 0.3) is 33.2 Å². The zero-order chi connectivity index (χ0) is 26.5. The van der Waals surface area contributed by atoms with Crippen LogP contribution in [0, 0.1) is 13.8 Å². The minimum atomic E-state index is -0.332. The molecule has 0 saturated heterocycles. The van der Waals surface area contributed by atoms with Gasteiger partial charge in [0.1, 0.15) is 16.9 Å². The smallest absolute Gasteiger partial charge is 0.320 e. The van der Waals surface area contributed by atoms with E-state index in [-0.39, 0.29) is 12.1 Å². The van der Waals surface area contributed by atoms with E-state index in [9.17, 15) is 4.79 Å². The van der Waals surface area contributed by atoms with Crippen molar-refractivity contribution in [2.24, 2.45) is 0 Å². The number of thiazole rings is 1. The average molecular weight is 523 g/mol. The molecular formula is C25H30N8O3S. The molecule has 0 bridgehead atoms. The van der Waals surface area contributed by atoms with E-state index in [1.165, 1.54) is 11.3 Å². The summed E-state index contributed by atoms with van der Waals surface area (Å²) in [6.45, 7) is 8.72. The molecule has 0 saturated carbocycles. The van der Waals surface area contributed by atoms with E-state index < -0.39 is 0 Å². The standard InChI is InChI=1S/C25H30N8O3S/c1-7-26-25(34)30-21-9-19(24-29-14(2)13-37-24)20(11-27-21)18-8-17(22-32-31-16(4)36-22)10-28-23(18)35-15(3)12-33(5)6/h8-11,13,15H,7,12H2,1-6H3,(H2,26,27,30,34). The third-order valence-corrected chi connectivity index (χ3v) is 6.18. The molecule has 0 fully saturated rings. The van der Waals surface area contributed by atoms with Gasteiger partial charge in [-0.15, -0.1) is 21.5 Å². The first-order valence-electron chi connectivity index (χ1n) is 11.8. The van der Waals surface area contributed by atoms with E-state index in [1.807, 2.05) is 51.2 Å². The predicted molar refractivity (Wildman–Crippen MR) is 143 cm³/mol. The normalized spacial score (nSPS) is 12.0. The molecule has 0 aliphatic carbocycles. The zero-order valence-corrected chi connectivity index (χ0v) is 22.5. The second kappa shape index (κ2) is 11.4. The maximum absolute atomic E-state index is 12.2. The van der Waals surface area contributed by atoms with E-state index in [1.54, 1.807) is 25.4 Å². The SMILES string of the molecule is CCNC(=O)Nc1cc(-c2nc(C)cs2)c(-c2cc(-c3nnc(C)o3)cnc2OC(C)CN(C)C)cn1. The van der Waals surface area contributed by atoms with Gasteiger partial charge in [-0.1, -0.05) is 0 Å². The van der Waals surface area contributed by atoms with Crippen molar-refractivity contribution >= 4 is 23.2 Å². The lowest BCUT2D eigenvalue weighted by Gasteiger charge is -2.20. The molecule has 0 aromatic carbocycles. The molecule has 0 spiro atoms. The van der Waals surface area contributed by atoms with Crippen LogP contribution in [0.1, 0.15) is 25.4 Å². The van der Waals surface area contributed by atoms with Crippen LogP contribution in [0.4, 0.5) is 10.6 Å². The first-order chi connectivity index (χ1) is 17.7. The number of urea groups is 1. The first-order valence-corrected chi connectivity index (χ1v) is 12.7. The summed E-state index contributed by atoms with van der Waals surface area (Å²) in [6.07, 6.45) is 3.21. The quantitative estimate of drug-likeness (QED) is 0.328. The van der Waals surface area contributed by atoms with Crippen LogP contribution in [-0.2, 0) is 0 Å². The Morgan fingerprint density at radius 2 is 1.95 bits per heavy atom. The second-order valence-electron chi connectivity index (χ2n) is 8.79. The van der Waals surface area contributed by atoms with Gasteiger partial charge in [0.25, 0.3) is 0 Å². The number of amides is 2. The van der Waals surface area contributed by atoms with Crippen molar-refractivity contribution < 1.29 is 13.9 Å². The van der Waals surface area contributed by atoms with E-state index in [2.05, 4.69) is 30.8 Å². The van der Waals surface area contributed by atoms with Gasteiger partial charge in [-0.3, -0.25) is 5.32 Å². The lowest BCUT2D eigenvalue weighted by Crippen LogP contribution is -2.28. The topological polar surface area (TPSA) is 131 Å². The maximum atomic E-state index is 12.2. The number of aryl methyl sites for hydroxylation is 2. The number of carbonyl (C=O) groups is 1. The van der Waals surface area contributed by atoms with Gasteiger partial charge >= 0.3 is 6.03 Å². The van der Waals surface area contributed by atoms with Gasteiger partial charge in [0, 0.05) is 60.2 Å². The lowest BCUT2D eigenvalue weighted by molar-refractivity contribution is 0.171. The van der Waals surface area contributed by atoms with Crippen LogP contribution in [0.15, 0.2) is 34.3 Å². The summed E-state index contributed by atoms with van der Waals surface area (Å²) in [4.78, 5) is 28.0. The molecule has 0 aliphatic heterocycles. The summed E-state index contributed by atoms with van der Waals surface area (Å²) in [5.41, 5.74) is 3.76. The average Bonchev–Trinajstić information content (AvgIpc) is 3.47. The van der Waals surface area contributed by atoms with Gasteiger partial charge in [0.15, 0.2) is 0 Å². The molecule has 2 N–H and O–H groups in total. The van der Waals surface area contributed by atoms with Crippen molar-refractivity contribution in [1.82, 2.24) is 35.4 Å². The number of aromatic nitrogens is 5. The van der Waals surface area contributed by atoms with Gasteiger partial charge in [-0.25, -0.2) is 19.7 Å². The molecule has 194 valence electrons. The van der Waals surface area contributed by atoms with Gasteiger partial charge in [0.2, 0.25) is 17.7 Å². The summed E-state index contributed by atoms with van der Waals surface area (Å²) in [6, 6.07) is 3.37. The van der Waals surface area contributed by atoms with Gasteiger partial charge in [0.05, 0.1) is 5.56 Å². The van der Waals surface area contributed by atoms with Crippen LogP contribution >= 0.6 is 11.3 Å². The molecule has 1 unspecified atom stereocenters. The van der Waals surface area contributed by atoms with Crippen molar-refractivity contribution in [2.75, 3.05) is 32.5 Å². The highest BCUT2D eigenvalue weighted by Gasteiger charge is 2.21. The Morgan fingerprint density at radius 1 is 1.14 bits per heavy atom. The molecule has 4 aromatic heterocycles. The molecule has 11 nitrogen and oxygen atoms in total. The Morgan fingerprint density at radius 3 is 2.59 bits per heavy atom. The van der Waals surface area contributed by atoms with Crippen LogP contribution < -0.4 is 15.4 Å². The third-order valence-electron chi connectivity index (χ3n) is 5.18. The highest BCUT2D eigenvalue weighted by molar-refractivity contribution is 7.13. The molecule has 0 radical (unpaired) electrons. The van der Waals surface area contributed by atoms with E-state index in [0.717, 1.165) is 21.8 Å². The summed E-state index contributed by atoms with van der Waals surface area (Å²) >= 11 is 1.51. The molecule has 37 heavy (non-hydrogen) atoms. The number of nitrogens with one attached hydrogen (secondary N) is 2. The third kappa shape index (κ3) is 6.46. The number of hydrogen-bond donors (Lipinski definition) is 2. The Kier molecular flexibility index (Phi) is 8.09. The van der Waals surface area contributed by atoms with Crippen molar-refractivity contribution in [1.29, 1.82) is 0 Å². The first kappa shape index (κ1) is 26.2. The molecule has 4 rings (SSSR count). The summed E-state index contributed by atoms with van der Waals surface area (Å²) < 4.78 is 11.9. The van der Waals surface area contributed by atoms with Gasteiger partial charge in [-0.2, -0.15) is 0 Å². The van der Waals surface area contributed by atoms with Crippen molar-refractivity contribution in [3.8, 4) is 39.0 Å². The molecule has 12 heteroatoms. The highest BCUT2D eigenvalue weighted by Crippen LogP contribution is 2.40. The molecule has 0 aliphatic rings. The van der Waals surface area contributed by atoms with E-state index in [0.29, 0.717) is 47.7 Å². The van der Waals surface area contributed by atoms with E-state index >= 15 is 0 Å². The zero-order valence-electron chi connectivity index (χ0n) is 21.7. The number of likely N-dealkylation sites (N-methyl/N-ethyl adjacent to an activating group) is 1. The number of carbonyl (C=O) groups excluding carboxylic acids is 1. The number of ether oxygens (including phenoxy) is 1. The van der Waals surface area contributed by atoms with Crippen molar-refractivity contribution in [3.05, 3.63) is 41.5 Å². The van der Waals surface area contributed by atoms with Crippen molar-refractivity contribution in [3.63, 3.8) is 0 Å². The predicted octanol–water partition coefficient (Wildman–Crippen LogP) is 4.40. The van der Waals surface area contributed by atoms with E-state index in [4.69, 9.17) is 14.1 Å². The fraction of sp³-hybridized carbons (Fsp3) is 0.360. The monoisotopic (exact) mass is 522 g/mol. The van der Waals surface area contributed by atoms with Crippen molar-refractivity contribution in [2.45, 2.75) is 33.8 Å². The molecule has 4 aromatic rings. The van der Waals surface area contributed by atoms with Gasteiger partial charge < -0.3 is 19.4 Å². The number of pyridine rings is 2. The number of hydrogen-bond acceptors (Lipinski definition) is 10. The van der Waals surface area contributed by atoms with Gasteiger partial charge in [-0.05, 0) is 47.0 Å². The van der Waals surface area contributed by atoms with Crippen LogP contribution in [-0.4, -0.2) is 69.4 Å². The minimum absolute atomic E-state index is 0.130. The molecule has 1 atom stereocenters.